The number of anilines is 1. The Hall–Kier alpha value is -1.39. The van der Waals surface area contributed by atoms with Gasteiger partial charge >= 0.3 is 6.18 Å². The minimum Gasteiger partial charge on any atom is -0.506 e. The number of aromatic hydroxyl groups is 1. The highest BCUT2D eigenvalue weighted by Crippen LogP contribution is 2.27. The van der Waals surface area contributed by atoms with Crippen LogP contribution in [0.25, 0.3) is 0 Å². The van der Waals surface area contributed by atoms with Crippen molar-refractivity contribution in [1.29, 1.82) is 0 Å². The third kappa shape index (κ3) is 8.02. The fourth-order valence-electron chi connectivity index (χ4n) is 2.94. The summed E-state index contributed by atoms with van der Waals surface area (Å²) in [5.41, 5.74) is 0.821. The first-order valence-corrected chi connectivity index (χ1v) is 9.03. The second-order valence-corrected chi connectivity index (χ2v) is 6.27. The summed E-state index contributed by atoms with van der Waals surface area (Å²) in [5, 5.41) is 13.2. The van der Waals surface area contributed by atoms with Gasteiger partial charge in [0, 0.05) is 45.7 Å². The largest absolute Gasteiger partial charge is 0.506 e. The van der Waals surface area contributed by atoms with E-state index in [9.17, 15) is 18.3 Å². The van der Waals surface area contributed by atoms with Gasteiger partial charge in [-0.3, -0.25) is 4.99 Å². The number of nitrogens with one attached hydrogen (secondary N) is 1. The molecule has 27 heavy (non-hydrogen) atoms. The van der Waals surface area contributed by atoms with Crippen molar-refractivity contribution < 1.29 is 18.3 Å². The Bertz CT molecular complexity index is 590. The molecule has 1 fully saturated rings. The van der Waals surface area contributed by atoms with Gasteiger partial charge in [-0.15, -0.1) is 24.0 Å². The van der Waals surface area contributed by atoms with Crippen molar-refractivity contribution in [2.24, 2.45) is 4.99 Å². The SMILES string of the molecule is CCNC(=NCCCCC(F)(F)F)N1CCN(c2ccccc2O)CC1.I. The molecule has 0 saturated carbocycles. The lowest BCUT2D eigenvalue weighted by Crippen LogP contribution is -2.52. The molecule has 0 aliphatic carbocycles. The number of rotatable bonds is 6. The van der Waals surface area contributed by atoms with Crippen LogP contribution in [0.3, 0.4) is 0 Å². The highest BCUT2D eigenvalue weighted by molar-refractivity contribution is 14.0. The van der Waals surface area contributed by atoms with Crippen molar-refractivity contribution in [2.45, 2.75) is 32.4 Å². The number of alkyl halides is 3. The highest BCUT2D eigenvalue weighted by atomic mass is 127. The van der Waals surface area contributed by atoms with Crippen LogP contribution in [0.1, 0.15) is 26.2 Å². The number of nitrogens with zero attached hydrogens (tertiary/aromatic N) is 3. The van der Waals surface area contributed by atoms with E-state index in [1.165, 1.54) is 0 Å². The van der Waals surface area contributed by atoms with Crippen LogP contribution < -0.4 is 10.2 Å². The van der Waals surface area contributed by atoms with Crippen molar-refractivity contribution in [3.8, 4) is 5.75 Å². The van der Waals surface area contributed by atoms with Gasteiger partial charge in [-0.25, -0.2) is 0 Å². The molecule has 1 aromatic carbocycles. The summed E-state index contributed by atoms with van der Waals surface area (Å²) in [4.78, 5) is 8.71. The van der Waals surface area contributed by atoms with Gasteiger partial charge in [-0.05, 0) is 31.9 Å². The van der Waals surface area contributed by atoms with Gasteiger partial charge in [-0.2, -0.15) is 13.2 Å². The molecule has 1 heterocycles. The second-order valence-electron chi connectivity index (χ2n) is 6.27. The minimum absolute atomic E-state index is 0. The van der Waals surface area contributed by atoms with Crippen LogP contribution in [0.15, 0.2) is 29.3 Å². The molecule has 1 saturated heterocycles. The Labute approximate surface area is 175 Å². The van der Waals surface area contributed by atoms with Crippen LogP contribution >= 0.6 is 24.0 Å². The van der Waals surface area contributed by atoms with E-state index in [-0.39, 0.29) is 36.1 Å². The number of hydrogen-bond donors (Lipinski definition) is 2. The number of phenolic OH excluding ortho intramolecular Hbond substituents is 1. The van der Waals surface area contributed by atoms with Crippen LogP contribution in [0.2, 0.25) is 0 Å². The van der Waals surface area contributed by atoms with Crippen LogP contribution in [0.5, 0.6) is 5.75 Å². The van der Waals surface area contributed by atoms with E-state index in [0.29, 0.717) is 19.5 Å². The summed E-state index contributed by atoms with van der Waals surface area (Å²) in [6, 6.07) is 7.26. The highest BCUT2D eigenvalue weighted by Gasteiger charge is 2.26. The first-order valence-electron chi connectivity index (χ1n) is 9.03. The molecule has 1 aliphatic rings. The van der Waals surface area contributed by atoms with Gasteiger partial charge in [0.1, 0.15) is 5.75 Å². The van der Waals surface area contributed by atoms with Gasteiger partial charge in [0.2, 0.25) is 0 Å². The normalized spacial score (nSPS) is 15.5. The number of para-hydroxylation sites is 2. The van der Waals surface area contributed by atoms with Gasteiger partial charge < -0.3 is 20.2 Å². The number of benzene rings is 1. The molecular weight excluding hydrogens is 472 g/mol. The van der Waals surface area contributed by atoms with E-state index in [2.05, 4.69) is 20.1 Å². The Morgan fingerprint density at radius 3 is 2.41 bits per heavy atom. The summed E-state index contributed by atoms with van der Waals surface area (Å²) in [5.74, 6) is 1.02. The zero-order valence-corrected chi connectivity index (χ0v) is 17.8. The Morgan fingerprint density at radius 1 is 1.15 bits per heavy atom. The molecular formula is C18H28F3IN4O. The summed E-state index contributed by atoms with van der Waals surface area (Å²) >= 11 is 0. The molecule has 0 spiro atoms. The maximum Gasteiger partial charge on any atom is 0.389 e. The third-order valence-electron chi connectivity index (χ3n) is 4.27. The summed E-state index contributed by atoms with van der Waals surface area (Å²) in [6.45, 7) is 6.04. The van der Waals surface area contributed by atoms with Crippen molar-refractivity contribution >= 4 is 35.6 Å². The zero-order valence-electron chi connectivity index (χ0n) is 15.5. The topological polar surface area (TPSA) is 51.1 Å². The summed E-state index contributed by atoms with van der Waals surface area (Å²) in [6.07, 6.45) is -4.31. The van der Waals surface area contributed by atoms with Crippen molar-refractivity contribution in [3.63, 3.8) is 0 Å². The van der Waals surface area contributed by atoms with Crippen molar-refractivity contribution in [3.05, 3.63) is 24.3 Å². The van der Waals surface area contributed by atoms with Gasteiger partial charge in [0.15, 0.2) is 5.96 Å². The number of guanidine groups is 1. The van der Waals surface area contributed by atoms with E-state index >= 15 is 0 Å². The zero-order chi connectivity index (χ0) is 19.0. The van der Waals surface area contributed by atoms with Crippen LogP contribution in [-0.2, 0) is 0 Å². The molecule has 0 unspecified atom stereocenters. The third-order valence-corrected chi connectivity index (χ3v) is 4.27. The Kier molecular flexibility index (Phi) is 10.0. The van der Waals surface area contributed by atoms with E-state index in [0.717, 1.165) is 37.8 Å². The Morgan fingerprint density at radius 2 is 1.81 bits per heavy atom. The van der Waals surface area contributed by atoms with E-state index in [4.69, 9.17) is 0 Å². The maximum absolute atomic E-state index is 12.2. The van der Waals surface area contributed by atoms with Crippen molar-refractivity contribution in [1.82, 2.24) is 10.2 Å². The van der Waals surface area contributed by atoms with Crippen LogP contribution in [0.4, 0.5) is 18.9 Å². The fraction of sp³-hybridized carbons (Fsp3) is 0.611. The standard InChI is InChI=1S/C18H27F3N4O.HI/c1-2-22-17(23-10-6-5-9-18(19,20)21)25-13-11-24(12-14-25)15-7-3-4-8-16(15)26;/h3-4,7-8,26H,2,5-6,9-14H2,1H3,(H,22,23);1H. The molecule has 2 N–H and O–H groups in total. The molecule has 1 aromatic rings. The minimum atomic E-state index is -4.09. The predicted octanol–water partition coefficient (Wildman–Crippen LogP) is 3.83. The average molecular weight is 500 g/mol. The molecule has 2 rings (SSSR count). The van der Waals surface area contributed by atoms with Gasteiger partial charge in [0.25, 0.3) is 0 Å². The Balaban J connectivity index is 0.00000364. The molecule has 0 bridgehead atoms. The van der Waals surface area contributed by atoms with Gasteiger partial charge in [0.05, 0.1) is 5.69 Å². The number of phenols is 1. The van der Waals surface area contributed by atoms with Crippen molar-refractivity contribution in [2.75, 3.05) is 44.2 Å². The summed E-state index contributed by atoms with van der Waals surface area (Å²) in [7, 11) is 0. The number of piperazine rings is 1. The van der Waals surface area contributed by atoms with Crippen LogP contribution in [-0.4, -0.2) is 61.4 Å². The van der Waals surface area contributed by atoms with E-state index in [1.807, 2.05) is 19.1 Å². The molecule has 0 aromatic heterocycles. The predicted molar refractivity (Wildman–Crippen MR) is 113 cm³/mol. The molecule has 9 heteroatoms. The number of hydrogen-bond acceptors (Lipinski definition) is 3. The lowest BCUT2D eigenvalue weighted by Gasteiger charge is -2.37. The van der Waals surface area contributed by atoms with E-state index in [1.54, 1.807) is 12.1 Å². The monoisotopic (exact) mass is 500 g/mol. The molecule has 154 valence electrons. The molecule has 0 amide bonds. The fourth-order valence-corrected chi connectivity index (χ4v) is 2.94. The maximum atomic E-state index is 12.2. The number of unbranched alkanes of at least 4 members (excludes halogenated alkanes) is 1. The first-order chi connectivity index (χ1) is 12.4. The molecule has 1 aliphatic heterocycles. The lowest BCUT2D eigenvalue weighted by molar-refractivity contribution is -0.135. The first kappa shape index (κ1) is 23.6. The van der Waals surface area contributed by atoms with E-state index < -0.39 is 12.6 Å². The smallest absolute Gasteiger partial charge is 0.389 e. The number of aliphatic imine (C=N–C) groups is 1. The molecule has 0 atom stereocenters. The quantitative estimate of drug-likeness (QED) is 0.270. The number of halogens is 4. The summed E-state index contributed by atoms with van der Waals surface area (Å²) < 4.78 is 36.5. The molecule has 5 nitrogen and oxygen atoms in total. The molecule has 0 radical (unpaired) electrons. The lowest BCUT2D eigenvalue weighted by atomic mass is 10.2. The average Bonchev–Trinajstić information content (AvgIpc) is 2.60. The van der Waals surface area contributed by atoms with Crippen LogP contribution in [0, 0.1) is 0 Å². The second kappa shape index (κ2) is 11.5. The van der Waals surface area contributed by atoms with Gasteiger partial charge in [-0.1, -0.05) is 12.1 Å².